The first kappa shape index (κ1) is 25.6. The van der Waals surface area contributed by atoms with Crippen molar-refractivity contribution in [3.63, 3.8) is 0 Å². The number of nitrogens with one attached hydrogen (secondary N) is 1. The van der Waals surface area contributed by atoms with Gasteiger partial charge >= 0.3 is 0 Å². The summed E-state index contributed by atoms with van der Waals surface area (Å²) in [6, 6.07) is 10.5. The van der Waals surface area contributed by atoms with Crippen LogP contribution >= 0.6 is 23.2 Å². The number of ether oxygens (including phenoxy) is 2. The van der Waals surface area contributed by atoms with Crippen molar-refractivity contribution in [2.45, 2.75) is 76.9 Å². The first-order valence-electron chi connectivity index (χ1n) is 12.4. The van der Waals surface area contributed by atoms with Crippen LogP contribution in [0.4, 0.5) is 0 Å². The lowest BCUT2D eigenvalue weighted by Crippen LogP contribution is -2.51. The molecule has 1 aliphatic carbocycles. The molecule has 6 nitrogen and oxygen atoms in total. The monoisotopic (exact) mass is 518 g/mol. The Bertz CT molecular complexity index is 1040. The molecule has 0 aromatic heterocycles. The van der Waals surface area contributed by atoms with Crippen molar-refractivity contribution in [2.24, 2.45) is 0 Å². The molecule has 4 rings (SSSR count). The molecule has 2 amide bonds. The molecule has 35 heavy (non-hydrogen) atoms. The molecule has 1 heterocycles. The Hall–Kier alpha value is -2.44. The summed E-state index contributed by atoms with van der Waals surface area (Å²) in [5.41, 5.74) is 1.62. The predicted molar refractivity (Wildman–Crippen MR) is 137 cm³/mol. The maximum atomic E-state index is 13.6. The number of rotatable bonds is 9. The maximum absolute atomic E-state index is 13.6. The van der Waals surface area contributed by atoms with Gasteiger partial charge in [0.1, 0.15) is 6.04 Å². The van der Waals surface area contributed by atoms with Crippen molar-refractivity contribution < 1.29 is 19.1 Å². The van der Waals surface area contributed by atoms with Gasteiger partial charge in [-0.15, -0.1) is 0 Å². The quantitative estimate of drug-likeness (QED) is 0.447. The molecule has 1 atom stereocenters. The van der Waals surface area contributed by atoms with E-state index in [4.69, 9.17) is 32.7 Å². The molecule has 2 aromatic rings. The number of carbonyl (C=O) groups is 2. The van der Waals surface area contributed by atoms with Gasteiger partial charge in [-0.1, -0.05) is 61.5 Å². The van der Waals surface area contributed by atoms with Crippen LogP contribution in [0.3, 0.4) is 0 Å². The lowest BCUT2D eigenvalue weighted by molar-refractivity contribution is -0.141. The number of carbonyl (C=O) groups excluding carboxylic acids is 2. The van der Waals surface area contributed by atoms with E-state index in [1.54, 1.807) is 23.1 Å². The highest BCUT2D eigenvalue weighted by atomic mass is 35.5. The molecule has 1 aliphatic heterocycles. The minimum atomic E-state index is -0.603. The van der Waals surface area contributed by atoms with Gasteiger partial charge in [-0.25, -0.2) is 0 Å². The highest BCUT2D eigenvalue weighted by Gasteiger charge is 2.31. The maximum Gasteiger partial charge on any atom is 0.243 e. The fourth-order valence-corrected chi connectivity index (χ4v) is 5.33. The third-order valence-corrected chi connectivity index (χ3v) is 7.50. The molecule has 0 radical (unpaired) electrons. The molecule has 1 saturated carbocycles. The average Bonchev–Trinajstić information content (AvgIpc) is 3.33. The molecule has 188 valence electrons. The first-order chi connectivity index (χ1) is 17.0. The largest absolute Gasteiger partial charge is 0.454 e. The Balaban J connectivity index is 1.52. The summed E-state index contributed by atoms with van der Waals surface area (Å²) in [6.07, 6.45) is 6.67. The standard InChI is InChI=1S/C27H32Cl2N2O4/c1-2-23(27(33)30-19-7-4-3-5-8-19)31(16-20-21(28)9-6-10-22(20)29)26(32)14-12-18-11-13-24-25(15-18)35-17-34-24/h6,9-11,13,15,19,23H,2-5,7-8,12,14,16-17H2,1H3,(H,30,33)/t23-/m1/s1. The lowest BCUT2D eigenvalue weighted by Gasteiger charge is -2.33. The van der Waals surface area contributed by atoms with E-state index in [0.717, 1.165) is 31.2 Å². The lowest BCUT2D eigenvalue weighted by atomic mass is 9.95. The fraction of sp³-hybridized carbons (Fsp3) is 0.481. The van der Waals surface area contributed by atoms with E-state index in [0.29, 0.717) is 39.9 Å². The Labute approximate surface area is 216 Å². The number of halogens is 2. The Morgan fingerprint density at radius 3 is 2.49 bits per heavy atom. The van der Waals surface area contributed by atoms with Crippen LogP contribution in [-0.2, 0) is 22.6 Å². The van der Waals surface area contributed by atoms with Crippen molar-refractivity contribution in [3.05, 3.63) is 57.6 Å². The number of aryl methyl sites for hydroxylation is 1. The number of amides is 2. The second-order valence-electron chi connectivity index (χ2n) is 9.18. The van der Waals surface area contributed by atoms with Gasteiger partial charge in [0.25, 0.3) is 0 Å². The zero-order valence-electron chi connectivity index (χ0n) is 20.0. The molecule has 2 aromatic carbocycles. The van der Waals surface area contributed by atoms with Gasteiger partial charge in [-0.05, 0) is 55.5 Å². The van der Waals surface area contributed by atoms with Crippen molar-refractivity contribution >= 4 is 35.0 Å². The number of hydrogen-bond donors (Lipinski definition) is 1. The minimum absolute atomic E-state index is 0.112. The molecule has 0 spiro atoms. The van der Waals surface area contributed by atoms with E-state index in [1.807, 2.05) is 25.1 Å². The summed E-state index contributed by atoms with van der Waals surface area (Å²) < 4.78 is 10.8. The van der Waals surface area contributed by atoms with Gasteiger partial charge in [-0.3, -0.25) is 9.59 Å². The molecular formula is C27H32Cl2N2O4. The van der Waals surface area contributed by atoms with Crippen molar-refractivity contribution in [3.8, 4) is 11.5 Å². The molecule has 0 unspecified atom stereocenters. The van der Waals surface area contributed by atoms with Crippen molar-refractivity contribution in [1.29, 1.82) is 0 Å². The SMILES string of the molecule is CC[C@H](C(=O)NC1CCCCC1)N(Cc1c(Cl)cccc1Cl)C(=O)CCc1ccc2c(c1)OCO2. The van der Waals surface area contributed by atoms with Crippen molar-refractivity contribution in [2.75, 3.05) is 6.79 Å². The highest BCUT2D eigenvalue weighted by molar-refractivity contribution is 6.36. The minimum Gasteiger partial charge on any atom is -0.454 e. The molecule has 8 heteroatoms. The second-order valence-corrected chi connectivity index (χ2v) is 9.99. The molecule has 0 saturated heterocycles. The van der Waals surface area contributed by atoms with Gasteiger partial charge in [0.15, 0.2) is 11.5 Å². The molecule has 2 aliphatic rings. The second kappa shape index (κ2) is 12.0. The van der Waals surface area contributed by atoms with Crippen LogP contribution in [0.5, 0.6) is 11.5 Å². The van der Waals surface area contributed by atoms with Gasteiger partial charge in [0.05, 0.1) is 0 Å². The van der Waals surface area contributed by atoms with Crippen LogP contribution in [-0.4, -0.2) is 35.6 Å². The highest BCUT2D eigenvalue weighted by Crippen LogP contribution is 2.33. The predicted octanol–water partition coefficient (Wildman–Crippen LogP) is 5.91. The summed E-state index contributed by atoms with van der Waals surface area (Å²) in [4.78, 5) is 28.6. The van der Waals surface area contributed by atoms with Gasteiger partial charge in [-0.2, -0.15) is 0 Å². The van der Waals surface area contributed by atoms with E-state index >= 15 is 0 Å². The van der Waals surface area contributed by atoms with E-state index in [-0.39, 0.29) is 37.6 Å². The smallest absolute Gasteiger partial charge is 0.243 e. The van der Waals surface area contributed by atoms with Crippen LogP contribution in [0.2, 0.25) is 10.0 Å². The molecular weight excluding hydrogens is 487 g/mol. The molecule has 1 fully saturated rings. The third-order valence-electron chi connectivity index (χ3n) is 6.79. The van der Waals surface area contributed by atoms with Crippen LogP contribution in [0.15, 0.2) is 36.4 Å². The van der Waals surface area contributed by atoms with E-state index < -0.39 is 6.04 Å². The molecule has 0 bridgehead atoms. The Morgan fingerprint density at radius 1 is 1.06 bits per heavy atom. The van der Waals surface area contributed by atoms with Gasteiger partial charge in [0.2, 0.25) is 18.6 Å². The zero-order valence-corrected chi connectivity index (χ0v) is 21.5. The number of hydrogen-bond acceptors (Lipinski definition) is 4. The summed E-state index contributed by atoms with van der Waals surface area (Å²) in [6.45, 7) is 2.31. The van der Waals surface area contributed by atoms with Crippen LogP contribution in [0, 0.1) is 0 Å². The van der Waals surface area contributed by atoms with Crippen molar-refractivity contribution in [1.82, 2.24) is 10.2 Å². The number of nitrogens with zero attached hydrogens (tertiary/aromatic N) is 1. The van der Waals surface area contributed by atoms with Crippen LogP contribution < -0.4 is 14.8 Å². The summed E-state index contributed by atoms with van der Waals surface area (Å²) in [5.74, 6) is 1.16. The van der Waals surface area contributed by atoms with E-state index in [1.165, 1.54) is 6.42 Å². The third kappa shape index (κ3) is 6.42. The number of benzene rings is 2. The summed E-state index contributed by atoms with van der Waals surface area (Å²) >= 11 is 12.9. The van der Waals surface area contributed by atoms with Gasteiger partial charge < -0.3 is 19.7 Å². The van der Waals surface area contributed by atoms with E-state index in [2.05, 4.69) is 5.32 Å². The van der Waals surface area contributed by atoms with Crippen LogP contribution in [0.25, 0.3) is 0 Å². The summed E-state index contributed by atoms with van der Waals surface area (Å²) in [7, 11) is 0. The van der Waals surface area contributed by atoms with Crippen LogP contribution in [0.1, 0.15) is 63.0 Å². The topological polar surface area (TPSA) is 67.9 Å². The average molecular weight is 519 g/mol. The zero-order chi connectivity index (χ0) is 24.8. The normalized spacial score (nSPS) is 16.1. The van der Waals surface area contributed by atoms with E-state index in [9.17, 15) is 9.59 Å². The number of fused-ring (bicyclic) bond motifs is 1. The first-order valence-corrected chi connectivity index (χ1v) is 13.1. The fourth-order valence-electron chi connectivity index (χ4n) is 4.81. The summed E-state index contributed by atoms with van der Waals surface area (Å²) in [5, 5.41) is 4.15. The Kier molecular flexibility index (Phi) is 8.79. The molecule has 1 N–H and O–H groups in total. The Morgan fingerprint density at radius 2 is 1.77 bits per heavy atom. The van der Waals surface area contributed by atoms with Gasteiger partial charge in [0, 0.05) is 34.6 Å².